The summed E-state index contributed by atoms with van der Waals surface area (Å²) in [6.45, 7) is 1.95. The van der Waals surface area contributed by atoms with E-state index in [4.69, 9.17) is 5.73 Å². The van der Waals surface area contributed by atoms with Crippen molar-refractivity contribution in [2.75, 3.05) is 5.73 Å². The van der Waals surface area contributed by atoms with Crippen molar-refractivity contribution in [1.29, 1.82) is 5.26 Å². The molecule has 0 spiro atoms. The van der Waals surface area contributed by atoms with E-state index in [0.717, 1.165) is 5.56 Å². The monoisotopic (exact) mass is 281 g/mol. The predicted octanol–water partition coefficient (Wildman–Crippen LogP) is 2.63. The first-order valence-corrected chi connectivity index (χ1v) is 6.38. The standard InChI is InChI=1S/C15H12FN5/c1-9(10-2-4-12(16)5-3-10)21-7-11(6-17)13-14(18)19-8-20-15(13)21/h2-5,7-9H,1H3,(H2,18,19,20). The normalized spacial score (nSPS) is 12.2. The van der Waals surface area contributed by atoms with Gasteiger partial charge in [-0.1, -0.05) is 12.1 Å². The van der Waals surface area contributed by atoms with E-state index in [-0.39, 0.29) is 17.7 Å². The summed E-state index contributed by atoms with van der Waals surface area (Å²) in [5.74, 6) is -0.00537. The van der Waals surface area contributed by atoms with Crippen molar-refractivity contribution in [3.8, 4) is 6.07 Å². The Morgan fingerprint density at radius 1 is 1.29 bits per heavy atom. The molecule has 0 fully saturated rings. The quantitative estimate of drug-likeness (QED) is 0.783. The lowest BCUT2D eigenvalue weighted by Crippen LogP contribution is -2.06. The summed E-state index contributed by atoms with van der Waals surface area (Å²) in [6, 6.07) is 8.24. The van der Waals surface area contributed by atoms with Gasteiger partial charge in [0.05, 0.1) is 17.0 Å². The molecule has 21 heavy (non-hydrogen) atoms. The fourth-order valence-electron chi connectivity index (χ4n) is 2.39. The molecule has 5 nitrogen and oxygen atoms in total. The summed E-state index contributed by atoms with van der Waals surface area (Å²) in [7, 11) is 0. The van der Waals surface area contributed by atoms with Gasteiger partial charge >= 0.3 is 0 Å². The lowest BCUT2D eigenvalue weighted by molar-refractivity contribution is 0.620. The van der Waals surface area contributed by atoms with Gasteiger partial charge in [-0.2, -0.15) is 5.26 Å². The van der Waals surface area contributed by atoms with Gasteiger partial charge in [0.15, 0.2) is 0 Å². The minimum Gasteiger partial charge on any atom is -0.383 e. The Labute approximate surface area is 120 Å². The fraction of sp³-hybridized carbons (Fsp3) is 0.133. The van der Waals surface area contributed by atoms with E-state index in [0.29, 0.717) is 16.6 Å². The molecule has 3 aromatic rings. The second kappa shape index (κ2) is 4.87. The molecule has 0 aliphatic heterocycles. The molecular formula is C15H12FN5. The zero-order valence-electron chi connectivity index (χ0n) is 11.3. The van der Waals surface area contributed by atoms with Crippen LogP contribution in [0.15, 0.2) is 36.8 Å². The number of nitriles is 1. The van der Waals surface area contributed by atoms with E-state index >= 15 is 0 Å². The molecule has 0 saturated carbocycles. The van der Waals surface area contributed by atoms with Crippen molar-refractivity contribution in [2.24, 2.45) is 0 Å². The minimum atomic E-state index is -0.285. The summed E-state index contributed by atoms with van der Waals surface area (Å²) in [6.07, 6.45) is 3.07. The number of anilines is 1. The second-order valence-electron chi connectivity index (χ2n) is 4.75. The Morgan fingerprint density at radius 2 is 2.00 bits per heavy atom. The minimum absolute atomic E-state index is 0.107. The highest BCUT2D eigenvalue weighted by atomic mass is 19.1. The molecule has 1 aromatic carbocycles. The topological polar surface area (TPSA) is 80.5 Å². The molecule has 6 heteroatoms. The first-order chi connectivity index (χ1) is 10.1. The van der Waals surface area contributed by atoms with Crippen molar-refractivity contribution in [1.82, 2.24) is 14.5 Å². The Bertz CT molecular complexity index is 845. The van der Waals surface area contributed by atoms with E-state index in [1.165, 1.54) is 18.5 Å². The fourth-order valence-corrected chi connectivity index (χ4v) is 2.39. The van der Waals surface area contributed by atoms with Crippen molar-refractivity contribution in [2.45, 2.75) is 13.0 Å². The second-order valence-corrected chi connectivity index (χ2v) is 4.75. The van der Waals surface area contributed by atoms with Gasteiger partial charge in [-0.05, 0) is 24.6 Å². The van der Waals surface area contributed by atoms with Gasteiger partial charge in [-0.25, -0.2) is 14.4 Å². The SMILES string of the molecule is CC(c1ccc(F)cc1)n1cc(C#N)c2c(N)ncnc21. The van der Waals surface area contributed by atoms with E-state index in [9.17, 15) is 9.65 Å². The maximum absolute atomic E-state index is 13.0. The van der Waals surface area contributed by atoms with Gasteiger partial charge in [0.25, 0.3) is 0 Å². The number of nitrogen functional groups attached to an aromatic ring is 1. The number of aromatic nitrogens is 3. The van der Waals surface area contributed by atoms with E-state index in [1.807, 2.05) is 11.5 Å². The van der Waals surface area contributed by atoms with Gasteiger partial charge in [-0.3, -0.25) is 0 Å². The van der Waals surface area contributed by atoms with Crippen molar-refractivity contribution in [3.05, 3.63) is 53.7 Å². The van der Waals surface area contributed by atoms with E-state index in [2.05, 4.69) is 16.0 Å². The Balaban J connectivity index is 2.19. The Kier molecular flexibility index (Phi) is 3.03. The molecule has 0 aliphatic carbocycles. The third kappa shape index (κ3) is 2.09. The van der Waals surface area contributed by atoms with Crippen LogP contribution in [0, 0.1) is 17.1 Å². The number of rotatable bonds is 2. The molecule has 1 atom stereocenters. The lowest BCUT2D eigenvalue weighted by atomic mass is 10.1. The molecule has 0 saturated heterocycles. The van der Waals surface area contributed by atoms with Crippen LogP contribution in [-0.4, -0.2) is 14.5 Å². The van der Waals surface area contributed by atoms with Gasteiger partial charge < -0.3 is 10.3 Å². The van der Waals surface area contributed by atoms with Crippen LogP contribution in [0.5, 0.6) is 0 Å². The molecule has 2 N–H and O–H groups in total. The summed E-state index contributed by atoms with van der Waals surface area (Å²) < 4.78 is 14.9. The molecule has 0 amide bonds. The number of nitrogens with zero attached hydrogens (tertiary/aromatic N) is 4. The first kappa shape index (κ1) is 13.1. The maximum atomic E-state index is 13.0. The molecule has 0 aliphatic rings. The molecule has 1 unspecified atom stereocenters. The van der Waals surface area contributed by atoms with E-state index < -0.39 is 0 Å². The highest BCUT2D eigenvalue weighted by Gasteiger charge is 2.17. The van der Waals surface area contributed by atoms with E-state index in [1.54, 1.807) is 18.3 Å². The number of benzene rings is 1. The maximum Gasteiger partial charge on any atom is 0.147 e. The zero-order chi connectivity index (χ0) is 15.0. The van der Waals surface area contributed by atoms with Crippen LogP contribution in [-0.2, 0) is 0 Å². The van der Waals surface area contributed by atoms with Crippen LogP contribution in [0.3, 0.4) is 0 Å². The van der Waals surface area contributed by atoms with Gasteiger partial charge in [0, 0.05) is 6.20 Å². The number of nitrogens with two attached hydrogens (primary N) is 1. The van der Waals surface area contributed by atoms with Crippen LogP contribution in [0.1, 0.15) is 24.1 Å². The highest BCUT2D eigenvalue weighted by molar-refractivity contribution is 5.92. The third-order valence-electron chi connectivity index (χ3n) is 3.53. The summed E-state index contributed by atoms with van der Waals surface area (Å²) in [4.78, 5) is 8.15. The number of hydrogen-bond donors (Lipinski definition) is 1. The number of fused-ring (bicyclic) bond motifs is 1. The number of hydrogen-bond acceptors (Lipinski definition) is 4. The first-order valence-electron chi connectivity index (χ1n) is 6.38. The van der Waals surface area contributed by atoms with Gasteiger partial charge in [0.2, 0.25) is 0 Å². The smallest absolute Gasteiger partial charge is 0.147 e. The summed E-state index contributed by atoms with van der Waals surface area (Å²) in [5.41, 5.74) is 7.77. The molecule has 2 aromatic heterocycles. The van der Waals surface area contributed by atoms with Crippen molar-refractivity contribution >= 4 is 16.9 Å². The van der Waals surface area contributed by atoms with Gasteiger partial charge in [0.1, 0.15) is 29.7 Å². The average Bonchev–Trinajstić information content (AvgIpc) is 2.87. The molecular weight excluding hydrogens is 269 g/mol. The number of halogens is 1. The average molecular weight is 281 g/mol. The molecule has 2 heterocycles. The van der Waals surface area contributed by atoms with Crippen LogP contribution >= 0.6 is 0 Å². The van der Waals surface area contributed by atoms with Crippen molar-refractivity contribution < 1.29 is 4.39 Å². The lowest BCUT2D eigenvalue weighted by Gasteiger charge is -2.15. The van der Waals surface area contributed by atoms with Gasteiger partial charge in [-0.15, -0.1) is 0 Å². The molecule has 0 radical (unpaired) electrons. The van der Waals surface area contributed by atoms with Crippen molar-refractivity contribution in [3.63, 3.8) is 0 Å². The molecule has 104 valence electrons. The zero-order valence-corrected chi connectivity index (χ0v) is 11.3. The third-order valence-corrected chi connectivity index (χ3v) is 3.53. The molecule has 0 bridgehead atoms. The van der Waals surface area contributed by atoms with Crippen LogP contribution in [0.2, 0.25) is 0 Å². The summed E-state index contributed by atoms with van der Waals surface area (Å²) in [5, 5.41) is 9.79. The Morgan fingerprint density at radius 3 is 2.67 bits per heavy atom. The predicted molar refractivity (Wildman–Crippen MR) is 76.9 cm³/mol. The van der Waals surface area contributed by atoms with Crippen LogP contribution in [0.25, 0.3) is 11.0 Å². The molecule has 3 rings (SSSR count). The Hall–Kier alpha value is -2.94. The highest BCUT2D eigenvalue weighted by Crippen LogP contribution is 2.28. The van der Waals surface area contributed by atoms with Crippen LogP contribution < -0.4 is 5.73 Å². The largest absolute Gasteiger partial charge is 0.383 e. The summed E-state index contributed by atoms with van der Waals surface area (Å²) >= 11 is 0. The van der Waals surface area contributed by atoms with Crippen LogP contribution in [0.4, 0.5) is 10.2 Å².